The number of nitrogens with one attached hydrogen (secondary N) is 1. The number of nitrogens with zero attached hydrogens (tertiary/aromatic N) is 1. The van der Waals surface area contributed by atoms with Crippen LogP contribution in [-0.2, 0) is 6.42 Å². The normalized spacial score (nSPS) is 21.0. The fourth-order valence-corrected chi connectivity index (χ4v) is 3.22. The zero-order chi connectivity index (χ0) is 17.3. The Hall–Kier alpha value is -2.64. The molecule has 24 heavy (non-hydrogen) atoms. The average molecular weight is 338 g/mol. The summed E-state index contributed by atoms with van der Waals surface area (Å²) < 4.78 is 32.9. The van der Waals surface area contributed by atoms with E-state index in [0.29, 0.717) is 18.6 Å². The number of hydrogen-bond donors (Lipinski definition) is 2. The number of rotatable bonds is 3. The van der Waals surface area contributed by atoms with E-state index in [4.69, 9.17) is 4.52 Å². The summed E-state index contributed by atoms with van der Waals surface area (Å²) >= 11 is 0. The van der Waals surface area contributed by atoms with E-state index in [9.17, 15) is 23.5 Å². The molecule has 2 aromatic rings. The third-order valence-corrected chi connectivity index (χ3v) is 4.41. The Morgan fingerprint density at radius 1 is 1.38 bits per heavy atom. The SMILES string of the molecule is O=C(O)N1CC[C@@H](c2cc(=O)[nH]o2)C[C@@H]1Cc1c(F)cccc1F. The molecule has 2 atom stereocenters. The summed E-state index contributed by atoms with van der Waals surface area (Å²) in [4.78, 5) is 23.8. The summed E-state index contributed by atoms with van der Waals surface area (Å²) in [6, 6.07) is 4.28. The topological polar surface area (TPSA) is 86.5 Å². The molecule has 0 spiro atoms. The molecule has 0 saturated carbocycles. The minimum Gasteiger partial charge on any atom is -0.465 e. The van der Waals surface area contributed by atoms with E-state index in [0.717, 1.165) is 12.1 Å². The molecular weight excluding hydrogens is 322 g/mol. The van der Waals surface area contributed by atoms with Crippen molar-refractivity contribution in [1.82, 2.24) is 10.1 Å². The van der Waals surface area contributed by atoms with Gasteiger partial charge in [0.2, 0.25) is 0 Å². The first-order chi connectivity index (χ1) is 11.5. The molecule has 1 fully saturated rings. The van der Waals surface area contributed by atoms with E-state index in [1.807, 2.05) is 0 Å². The molecule has 2 heterocycles. The summed E-state index contributed by atoms with van der Waals surface area (Å²) in [6.07, 6.45) is -0.411. The molecule has 2 N–H and O–H groups in total. The molecule has 0 radical (unpaired) electrons. The minimum atomic E-state index is -1.13. The summed E-state index contributed by atoms with van der Waals surface area (Å²) in [6.45, 7) is 0.204. The summed E-state index contributed by atoms with van der Waals surface area (Å²) in [5.41, 5.74) is -0.507. The smallest absolute Gasteiger partial charge is 0.407 e. The number of amides is 1. The maximum atomic E-state index is 13.9. The minimum absolute atomic E-state index is 0.0735. The first kappa shape index (κ1) is 16.2. The third kappa shape index (κ3) is 3.17. The lowest BCUT2D eigenvalue weighted by Gasteiger charge is -2.37. The van der Waals surface area contributed by atoms with E-state index in [-0.39, 0.29) is 30.0 Å². The fraction of sp³-hybridized carbons (Fsp3) is 0.375. The van der Waals surface area contributed by atoms with Crippen molar-refractivity contribution in [2.75, 3.05) is 6.54 Å². The number of piperidine rings is 1. The van der Waals surface area contributed by atoms with Gasteiger partial charge in [-0.2, -0.15) is 5.16 Å². The quantitative estimate of drug-likeness (QED) is 0.901. The van der Waals surface area contributed by atoms with Crippen molar-refractivity contribution in [1.29, 1.82) is 0 Å². The number of benzene rings is 1. The van der Waals surface area contributed by atoms with Gasteiger partial charge in [-0.25, -0.2) is 13.6 Å². The Labute approximate surface area is 135 Å². The zero-order valence-corrected chi connectivity index (χ0v) is 12.7. The van der Waals surface area contributed by atoms with Crippen molar-refractivity contribution in [2.24, 2.45) is 0 Å². The van der Waals surface area contributed by atoms with Gasteiger partial charge in [-0.15, -0.1) is 0 Å². The Balaban J connectivity index is 1.85. The van der Waals surface area contributed by atoms with Crippen molar-refractivity contribution in [3.8, 4) is 0 Å². The Morgan fingerprint density at radius 3 is 2.67 bits per heavy atom. The second-order valence-corrected chi connectivity index (χ2v) is 5.87. The van der Waals surface area contributed by atoms with Crippen LogP contribution in [0.15, 0.2) is 33.6 Å². The van der Waals surface area contributed by atoms with Crippen LogP contribution in [0.1, 0.15) is 30.1 Å². The van der Waals surface area contributed by atoms with Crippen LogP contribution in [0.3, 0.4) is 0 Å². The molecule has 0 bridgehead atoms. The zero-order valence-electron chi connectivity index (χ0n) is 12.7. The molecule has 1 aliphatic rings. The van der Waals surface area contributed by atoms with Gasteiger partial charge >= 0.3 is 6.09 Å². The number of hydrogen-bond acceptors (Lipinski definition) is 3. The Kier molecular flexibility index (Phi) is 4.37. The maximum absolute atomic E-state index is 13.9. The maximum Gasteiger partial charge on any atom is 0.407 e. The van der Waals surface area contributed by atoms with Gasteiger partial charge in [0.25, 0.3) is 5.56 Å². The molecular formula is C16H16F2N2O4. The van der Waals surface area contributed by atoms with E-state index < -0.39 is 23.8 Å². The molecule has 1 aliphatic heterocycles. The molecule has 1 aromatic carbocycles. The molecule has 8 heteroatoms. The van der Waals surface area contributed by atoms with Gasteiger partial charge < -0.3 is 14.5 Å². The molecule has 1 amide bonds. The van der Waals surface area contributed by atoms with E-state index >= 15 is 0 Å². The average Bonchev–Trinajstić information content (AvgIpc) is 2.97. The van der Waals surface area contributed by atoms with Gasteiger partial charge in [-0.1, -0.05) is 6.07 Å². The molecule has 1 saturated heterocycles. The number of likely N-dealkylation sites (tertiary alicyclic amines) is 1. The third-order valence-electron chi connectivity index (χ3n) is 4.41. The number of aromatic amines is 1. The highest BCUT2D eigenvalue weighted by Gasteiger charge is 2.34. The number of carbonyl (C=O) groups is 1. The van der Waals surface area contributed by atoms with Gasteiger partial charge in [-0.3, -0.25) is 4.79 Å². The monoisotopic (exact) mass is 338 g/mol. The molecule has 6 nitrogen and oxygen atoms in total. The molecule has 0 aliphatic carbocycles. The lowest BCUT2D eigenvalue weighted by Crippen LogP contribution is -2.46. The van der Waals surface area contributed by atoms with Crippen molar-refractivity contribution < 1.29 is 23.2 Å². The highest BCUT2D eigenvalue weighted by molar-refractivity contribution is 5.65. The summed E-state index contributed by atoms with van der Waals surface area (Å²) in [5.74, 6) is -1.14. The van der Waals surface area contributed by atoms with Crippen LogP contribution in [0.5, 0.6) is 0 Å². The lowest BCUT2D eigenvalue weighted by atomic mass is 9.86. The van der Waals surface area contributed by atoms with E-state index in [1.165, 1.54) is 17.0 Å². The largest absolute Gasteiger partial charge is 0.465 e. The van der Waals surface area contributed by atoms with Gasteiger partial charge in [0.05, 0.1) is 0 Å². The van der Waals surface area contributed by atoms with Crippen LogP contribution in [-0.4, -0.2) is 33.8 Å². The first-order valence-electron chi connectivity index (χ1n) is 7.56. The van der Waals surface area contributed by atoms with Gasteiger partial charge in [0.1, 0.15) is 17.4 Å². The van der Waals surface area contributed by atoms with Gasteiger partial charge in [0, 0.05) is 30.1 Å². The van der Waals surface area contributed by atoms with E-state index in [1.54, 1.807) is 0 Å². The second kappa shape index (κ2) is 6.46. The highest BCUT2D eigenvalue weighted by atomic mass is 19.1. The molecule has 0 unspecified atom stereocenters. The van der Waals surface area contributed by atoms with Gasteiger partial charge in [-0.05, 0) is 31.4 Å². The van der Waals surface area contributed by atoms with Crippen LogP contribution in [0.4, 0.5) is 13.6 Å². The molecule has 1 aromatic heterocycles. The van der Waals surface area contributed by atoms with Crippen molar-refractivity contribution >= 4 is 6.09 Å². The van der Waals surface area contributed by atoms with Crippen LogP contribution in [0, 0.1) is 11.6 Å². The van der Waals surface area contributed by atoms with Gasteiger partial charge in [0.15, 0.2) is 0 Å². The molecule has 3 rings (SSSR count). The summed E-state index contributed by atoms with van der Waals surface area (Å²) in [5, 5.41) is 11.5. The number of aromatic nitrogens is 1. The molecule has 128 valence electrons. The van der Waals surface area contributed by atoms with Crippen LogP contribution >= 0.6 is 0 Å². The second-order valence-electron chi connectivity index (χ2n) is 5.87. The van der Waals surface area contributed by atoms with E-state index in [2.05, 4.69) is 5.16 Å². The first-order valence-corrected chi connectivity index (χ1v) is 7.56. The predicted octanol–water partition coefficient (Wildman–Crippen LogP) is 2.71. The number of carboxylic acid groups (broad SMARTS) is 1. The lowest BCUT2D eigenvalue weighted by molar-refractivity contribution is 0.0961. The Morgan fingerprint density at radius 2 is 2.08 bits per heavy atom. The standard InChI is InChI=1S/C16H16F2N2O4/c17-12-2-1-3-13(18)11(12)7-10-6-9(4-5-20(10)16(22)23)14-8-15(21)19-24-14/h1-3,8-10H,4-7H2,(H,19,21)(H,22,23)/t9-,10-/m1/s1. The highest BCUT2D eigenvalue weighted by Crippen LogP contribution is 2.33. The fourth-order valence-electron chi connectivity index (χ4n) is 3.22. The predicted molar refractivity (Wildman–Crippen MR) is 79.9 cm³/mol. The van der Waals surface area contributed by atoms with Crippen molar-refractivity contribution in [2.45, 2.75) is 31.2 Å². The van der Waals surface area contributed by atoms with Crippen LogP contribution in [0.2, 0.25) is 0 Å². The number of H-pyrrole nitrogens is 1. The van der Waals surface area contributed by atoms with Crippen LogP contribution in [0.25, 0.3) is 0 Å². The Bertz CT molecular complexity index is 781. The van der Waals surface area contributed by atoms with Crippen molar-refractivity contribution in [3.63, 3.8) is 0 Å². The van der Waals surface area contributed by atoms with Crippen molar-refractivity contribution in [3.05, 3.63) is 57.6 Å². The number of halogens is 2. The van der Waals surface area contributed by atoms with Crippen LogP contribution < -0.4 is 5.56 Å². The summed E-state index contributed by atoms with van der Waals surface area (Å²) in [7, 11) is 0.